The number of aromatic nitrogens is 10. The maximum absolute atomic E-state index is 12.0. The molecule has 0 spiro atoms. The number of carbonyl (C=O) groups is 2. The fourth-order valence-corrected chi connectivity index (χ4v) is 3.69. The fourth-order valence-electron chi connectivity index (χ4n) is 3.04. The predicted octanol–water partition coefficient (Wildman–Crippen LogP) is -2.08. The highest BCUT2D eigenvalue weighted by molar-refractivity contribution is 9.09. The average Bonchev–Trinajstić information content (AvgIpc) is 3.80. The van der Waals surface area contributed by atoms with E-state index in [0.29, 0.717) is 17.1 Å². The molecule has 2 fully saturated rings. The number of amides is 2. The van der Waals surface area contributed by atoms with E-state index in [-0.39, 0.29) is 28.4 Å². The van der Waals surface area contributed by atoms with E-state index in [1.807, 2.05) is 0 Å². The molecule has 2 aliphatic carbocycles. The summed E-state index contributed by atoms with van der Waals surface area (Å²) in [5.41, 5.74) is 9.03. The summed E-state index contributed by atoms with van der Waals surface area (Å²) in [5, 5.41) is 24.5. The van der Waals surface area contributed by atoms with Crippen molar-refractivity contribution in [2.75, 3.05) is 5.33 Å². The molecule has 17 nitrogen and oxygen atoms in total. The van der Waals surface area contributed by atoms with Crippen LogP contribution >= 0.6 is 15.9 Å². The molecule has 4 aromatic heterocycles. The molecule has 0 saturated heterocycles. The van der Waals surface area contributed by atoms with Crippen molar-refractivity contribution in [3.05, 3.63) is 45.0 Å². The van der Waals surface area contributed by atoms with Crippen molar-refractivity contribution in [2.24, 2.45) is 23.3 Å². The van der Waals surface area contributed by atoms with E-state index in [0.717, 1.165) is 29.5 Å². The topological polar surface area (TPSA) is 237 Å². The monoisotopic (exact) mass is 578 g/mol. The van der Waals surface area contributed by atoms with Gasteiger partial charge in [-0.25, -0.2) is 28.4 Å². The van der Waals surface area contributed by atoms with Crippen LogP contribution in [0.5, 0.6) is 0 Å². The molecule has 5 N–H and O–H groups in total. The van der Waals surface area contributed by atoms with Gasteiger partial charge in [0, 0.05) is 5.33 Å². The van der Waals surface area contributed by atoms with E-state index >= 15 is 0 Å². The Morgan fingerprint density at radius 2 is 1.32 bits per heavy atom. The number of aliphatic hydroxyl groups excluding tert-OH is 1. The standard InChI is InChI=1S/C9H10N6O2.C6H6N6O3.C4H7Br/c10-7(16)6-8-12-13-15(3-5-1-2-5)9(17)14(8)4-11-6;7-4(14)3-5-9-10-12(2-13)6(15)11(5)1-8-3;5-3-4-1-2-4/h4-5H,1-3H2,(H2,10,16);1,13H,2H2,(H2,7,14);4H,1-3H2. The first-order chi connectivity index (χ1) is 17.7. The van der Waals surface area contributed by atoms with E-state index in [1.54, 1.807) is 0 Å². The van der Waals surface area contributed by atoms with Gasteiger partial charge in [0.05, 0.1) is 6.54 Å². The van der Waals surface area contributed by atoms with E-state index < -0.39 is 24.2 Å². The van der Waals surface area contributed by atoms with E-state index in [4.69, 9.17) is 16.6 Å². The number of halogens is 1. The van der Waals surface area contributed by atoms with Gasteiger partial charge >= 0.3 is 11.4 Å². The Kier molecular flexibility index (Phi) is 7.67. The maximum atomic E-state index is 12.0. The number of nitrogens with two attached hydrogens (primary N) is 2. The molecule has 0 bridgehead atoms. The molecule has 6 rings (SSSR count). The lowest BCUT2D eigenvalue weighted by Crippen LogP contribution is -2.30. The van der Waals surface area contributed by atoms with Gasteiger partial charge in [0.1, 0.15) is 19.4 Å². The van der Waals surface area contributed by atoms with Crippen LogP contribution in [0, 0.1) is 11.8 Å². The lowest BCUT2D eigenvalue weighted by atomic mass is 10.4. The molecule has 4 aromatic rings. The SMILES string of the molecule is BrCC1CC1.NC(=O)c1ncn2c(=O)n(CC3CC3)nnc12.NC(=O)c1ncn2c(=O)n(CO)nnc12. The van der Waals surface area contributed by atoms with E-state index in [1.165, 1.54) is 33.6 Å². The third-order valence-electron chi connectivity index (χ3n) is 5.48. The van der Waals surface area contributed by atoms with Crippen molar-refractivity contribution in [1.29, 1.82) is 0 Å². The Labute approximate surface area is 215 Å². The third-order valence-corrected chi connectivity index (χ3v) is 6.39. The number of primary amides is 2. The van der Waals surface area contributed by atoms with Crippen LogP contribution in [0.15, 0.2) is 22.2 Å². The molecular formula is C19H23BrN12O5. The maximum Gasteiger partial charge on any atom is 0.355 e. The number of alkyl halides is 1. The van der Waals surface area contributed by atoms with Crippen molar-refractivity contribution < 1.29 is 14.7 Å². The summed E-state index contributed by atoms with van der Waals surface area (Å²) >= 11 is 3.38. The summed E-state index contributed by atoms with van der Waals surface area (Å²) in [7, 11) is 0. The first kappa shape index (κ1) is 26.0. The molecule has 0 radical (unpaired) electrons. The summed E-state index contributed by atoms with van der Waals surface area (Å²) in [5.74, 6) is 0.0441. The molecule has 2 saturated carbocycles. The molecule has 4 heterocycles. The van der Waals surface area contributed by atoms with Crippen LogP contribution in [0.25, 0.3) is 11.3 Å². The van der Waals surface area contributed by atoms with Crippen molar-refractivity contribution in [3.63, 3.8) is 0 Å². The van der Waals surface area contributed by atoms with Crippen LogP contribution in [0.3, 0.4) is 0 Å². The van der Waals surface area contributed by atoms with Crippen molar-refractivity contribution in [1.82, 2.24) is 48.8 Å². The zero-order valence-electron chi connectivity index (χ0n) is 19.3. The van der Waals surface area contributed by atoms with Gasteiger partial charge in [-0.15, -0.1) is 10.2 Å². The van der Waals surface area contributed by atoms with Gasteiger partial charge in [-0.3, -0.25) is 9.59 Å². The van der Waals surface area contributed by atoms with Crippen molar-refractivity contribution in [2.45, 2.75) is 39.0 Å². The molecule has 0 atom stereocenters. The van der Waals surface area contributed by atoms with Gasteiger partial charge in [0.2, 0.25) is 0 Å². The second-order valence-corrected chi connectivity index (χ2v) is 9.06. The summed E-state index contributed by atoms with van der Waals surface area (Å²) in [4.78, 5) is 52.7. The van der Waals surface area contributed by atoms with Crippen molar-refractivity contribution >= 4 is 39.0 Å². The quantitative estimate of drug-likeness (QED) is 0.210. The molecule has 196 valence electrons. The molecule has 0 aromatic carbocycles. The van der Waals surface area contributed by atoms with Crippen LogP contribution < -0.4 is 22.8 Å². The Morgan fingerprint density at radius 1 is 0.865 bits per heavy atom. The van der Waals surface area contributed by atoms with E-state index in [2.05, 4.69) is 46.5 Å². The molecule has 37 heavy (non-hydrogen) atoms. The summed E-state index contributed by atoms with van der Waals surface area (Å²) in [6.45, 7) is -0.0439. The van der Waals surface area contributed by atoms with Crippen LogP contribution in [-0.2, 0) is 13.3 Å². The van der Waals surface area contributed by atoms with Gasteiger partial charge in [-0.05, 0) is 37.5 Å². The zero-order chi connectivity index (χ0) is 26.7. The highest BCUT2D eigenvalue weighted by Gasteiger charge is 2.24. The summed E-state index contributed by atoms with van der Waals surface area (Å²) in [6.07, 6.45) is 7.50. The smallest absolute Gasteiger partial charge is 0.355 e. The Hall–Kier alpha value is -4.06. The minimum Gasteiger partial charge on any atom is -0.374 e. The fraction of sp³-hybridized carbons (Fsp3) is 0.474. The van der Waals surface area contributed by atoms with Gasteiger partial charge < -0.3 is 16.6 Å². The molecule has 2 aliphatic rings. The summed E-state index contributed by atoms with van der Waals surface area (Å²) in [6, 6.07) is 0. The number of fused-ring (bicyclic) bond motifs is 2. The van der Waals surface area contributed by atoms with Gasteiger partial charge in [-0.2, -0.15) is 9.36 Å². The van der Waals surface area contributed by atoms with E-state index in [9.17, 15) is 19.2 Å². The number of hydrogen-bond donors (Lipinski definition) is 3. The molecule has 0 unspecified atom stereocenters. The minimum absolute atomic E-state index is 0.0304. The van der Waals surface area contributed by atoms with Crippen LogP contribution in [-0.4, -0.2) is 71.0 Å². The number of nitrogens with zero attached hydrogens (tertiary/aromatic N) is 10. The lowest BCUT2D eigenvalue weighted by molar-refractivity contribution is 0.0989. The van der Waals surface area contributed by atoms with Gasteiger partial charge in [-0.1, -0.05) is 26.4 Å². The number of carbonyl (C=O) groups excluding carboxylic acids is 2. The Morgan fingerprint density at radius 3 is 1.70 bits per heavy atom. The normalized spacial score (nSPS) is 14.5. The molecule has 2 amide bonds. The largest absolute Gasteiger partial charge is 0.374 e. The minimum atomic E-state index is -0.798. The van der Waals surface area contributed by atoms with Crippen LogP contribution in [0.2, 0.25) is 0 Å². The molecular weight excluding hydrogens is 556 g/mol. The van der Waals surface area contributed by atoms with Crippen molar-refractivity contribution in [3.8, 4) is 0 Å². The van der Waals surface area contributed by atoms with Gasteiger partial charge in [0.25, 0.3) is 11.8 Å². The second kappa shape index (κ2) is 10.9. The second-order valence-electron chi connectivity index (χ2n) is 8.41. The molecule has 18 heteroatoms. The van der Waals surface area contributed by atoms with Crippen LogP contribution in [0.4, 0.5) is 0 Å². The number of aliphatic hydroxyl groups is 1. The van der Waals surface area contributed by atoms with Gasteiger partial charge in [0.15, 0.2) is 22.7 Å². The zero-order valence-corrected chi connectivity index (χ0v) is 20.9. The lowest BCUT2D eigenvalue weighted by Gasteiger charge is -2.01. The highest BCUT2D eigenvalue weighted by Crippen LogP contribution is 2.30. The highest BCUT2D eigenvalue weighted by atomic mass is 79.9. The number of imidazole rings is 2. The number of hydrogen-bond acceptors (Lipinski definition) is 11. The average molecular weight is 579 g/mol. The third kappa shape index (κ3) is 5.85. The predicted molar refractivity (Wildman–Crippen MR) is 129 cm³/mol. The first-order valence-corrected chi connectivity index (χ1v) is 12.2. The molecule has 0 aliphatic heterocycles. The van der Waals surface area contributed by atoms with Crippen LogP contribution in [0.1, 0.15) is 46.7 Å². The first-order valence-electron chi connectivity index (χ1n) is 11.1. The Bertz CT molecular complexity index is 1570. The number of rotatable bonds is 6. The summed E-state index contributed by atoms with van der Waals surface area (Å²) < 4.78 is 4.16. The Balaban J connectivity index is 0.000000147.